The summed E-state index contributed by atoms with van der Waals surface area (Å²) in [7, 11) is 0. The van der Waals surface area contributed by atoms with Gasteiger partial charge in [0, 0.05) is 6.54 Å². The molecule has 0 spiro atoms. The van der Waals surface area contributed by atoms with Crippen molar-refractivity contribution in [1.82, 2.24) is 4.98 Å². The van der Waals surface area contributed by atoms with Gasteiger partial charge >= 0.3 is 0 Å². The molecule has 0 radical (unpaired) electrons. The topological polar surface area (TPSA) is 63.2 Å². The quantitative estimate of drug-likeness (QED) is 0.624. The number of carbonyl (C=O) groups is 1. The standard InChI is InChI=1S/C22H23N3O2/c1-17-6-5-7-18(14-17)15-23-21-11-10-19(16-24-21)25-22(26)12-13-27-20-8-3-2-4-9-20/h2-11,14,16H,12-13,15H2,1H3,(H,23,24)(H,25,26). The average molecular weight is 361 g/mol. The molecule has 2 N–H and O–H groups in total. The zero-order valence-electron chi connectivity index (χ0n) is 15.3. The first-order chi connectivity index (χ1) is 13.2. The minimum atomic E-state index is -0.104. The number of carbonyl (C=O) groups excluding carboxylic acids is 1. The van der Waals surface area contributed by atoms with E-state index in [0.717, 1.165) is 11.6 Å². The zero-order valence-corrected chi connectivity index (χ0v) is 15.3. The van der Waals surface area contributed by atoms with E-state index in [-0.39, 0.29) is 12.3 Å². The van der Waals surface area contributed by atoms with E-state index < -0.39 is 0 Å². The summed E-state index contributed by atoms with van der Waals surface area (Å²) in [6.45, 7) is 3.11. The number of pyridine rings is 1. The molecule has 0 aliphatic rings. The van der Waals surface area contributed by atoms with Crippen LogP contribution >= 0.6 is 0 Å². The summed E-state index contributed by atoms with van der Waals surface area (Å²) in [5.41, 5.74) is 3.10. The van der Waals surface area contributed by atoms with E-state index in [1.807, 2.05) is 48.5 Å². The third-order valence-corrected chi connectivity index (χ3v) is 3.94. The molecule has 0 bridgehead atoms. The lowest BCUT2D eigenvalue weighted by molar-refractivity contribution is -0.116. The summed E-state index contributed by atoms with van der Waals surface area (Å²) in [4.78, 5) is 16.3. The van der Waals surface area contributed by atoms with Crippen LogP contribution in [0, 0.1) is 6.92 Å². The van der Waals surface area contributed by atoms with Gasteiger partial charge in [-0.15, -0.1) is 0 Å². The molecule has 0 saturated heterocycles. The smallest absolute Gasteiger partial charge is 0.227 e. The predicted molar refractivity (Wildman–Crippen MR) is 108 cm³/mol. The maximum atomic E-state index is 12.0. The molecule has 1 heterocycles. The number of hydrogen-bond donors (Lipinski definition) is 2. The fourth-order valence-electron chi connectivity index (χ4n) is 2.59. The van der Waals surface area contributed by atoms with E-state index in [1.165, 1.54) is 11.1 Å². The SMILES string of the molecule is Cc1cccc(CNc2ccc(NC(=O)CCOc3ccccc3)cn2)c1. The number of benzene rings is 2. The third kappa shape index (κ3) is 6.15. The van der Waals surface area contributed by atoms with Crippen LogP contribution in [0.15, 0.2) is 72.9 Å². The molecule has 3 aromatic rings. The fourth-order valence-corrected chi connectivity index (χ4v) is 2.59. The highest BCUT2D eigenvalue weighted by atomic mass is 16.5. The van der Waals surface area contributed by atoms with Crippen molar-refractivity contribution in [3.63, 3.8) is 0 Å². The van der Waals surface area contributed by atoms with Gasteiger partial charge in [0.05, 0.1) is 24.9 Å². The Labute approximate surface area is 159 Å². The largest absolute Gasteiger partial charge is 0.493 e. The van der Waals surface area contributed by atoms with Gasteiger partial charge in [-0.2, -0.15) is 0 Å². The summed E-state index contributed by atoms with van der Waals surface area (Å²) in [6.07, 6.45) is 1.93. The second-order valence-electron chi connectivity index (χ2n) is 6.23. The maximum Gasteiger partial charge on any atom is 0.227 e. The van der Waals surface area contributed by atoms with Crippen LogP contribution in [0.25, 0.3) is 0 Å². The Balaban J connectivity index is 1.42. The molecule has 27 heavy (non-hydrogen) atoms. The molecule has 0 aliphatic carbocycles. The van der Waals surface area contributed by atoms with Crippen LogP contribution < -0.4 is 15.4 Å². The lowest BCUT2D eigenvalue weighted by Gasteiger charge is -2.09. The van der Waals surface area contributed by atoms with Gasteiger partial charge < -0.3 is 15.4 Å². The van der Waals surface area contributed by atoms with Crippen molar-refractivity contribution in [2.75, 3.05) is 17.2 Å². The highest BCUT2D eigenvalue weighted by Crippen LogP contribution is 2.13. The Bertz CT molecular complexity index is 864. The van der Waals surface area contributed by atoms with Crippen LogP contribution in [-0.4, -0.2) is 17.5 Å². The van der Waals surface area contributed by atoms with E-state index in [0.29, 0.717) is 18.8 Å². The molecule has 0 saturated carbocycles. The Morgan fingerprint density at radius 2 is 1.89 bits per heavy atom. The first-order valence-corrected chi connectivity index (χ1v) is 8.92. The number of hydrogen-bond acceptors (Lipinski definition) is 4. The summed E-state index contributed by atoms with van der Waals surface area (Å²) < 4.78 is 5.53. The van der Waals surface area contributed by atoms with Crippen molar-refractivity contribution in [2.45, 2.75) is 19.9 Å². The van der Waals surface area contributed by atoms with Gasteiger partial charge in [0.2, 0.25) is 5.91 Å². The van der Waals surface area contributed by atoms with Gasteiger partial charge in [-0.25, -0.2) is 4.98 Å². The van der Waals surface area contributed by atoms with Crippen LogP contribution in [0.5, 0.6) is 5.75 Å². The van der Waals surface area contributed by atoms with Gasteiger partial charge in [0.15, 0.2) is 0 Å². The van der Waals surface area contributed by atoms with E-state index in [2.05, 4.69) is 40.7 Å². The van der Waals surface area contributed by atoms with E-state index >= 15 is 0 Å². The number of nitrogens with one attached hydrogen (secondary N) is 2. The van der Waals surface area contributed by atoms with Crippen molar-refractivity contribution in [3.8, 4) is 5.75 Å². The van der Waals surface area contributed by atoms with Gasteiger partial charge in [0.1, 0.15) is 11.6 Å². The average Bonchev–Trinajstić information content (AvgIpc) is 2.68. The second kappa shape index (κ2) is 9.38. The van der Waals surface area contributed by atoms with Gasteiger partial charge in [-0.3, -0.25) is 4.79 Å². The molecule has 0 fully saturated rings. The highest BCUT2D eigenvalue weighted by Gasteiger charge is 2.04. The number of aryl methyl sites for hydroxylation is 1. The normalized spacial score (nSPS) is 10.3. The molecule has 0 atom stereocenters. The molecule has 0 aliphatic heterocycles. The first kappa shape index (κ1) is 18.5. The molecule has 3 rings (SSSR count). The number of amides is 1. The van der Waals surface area contributed by atoms with Crippen molar-refractivity contribution in [3.05, 3.63) is 84.1 Å². The minimum Gasteiger partial charge on any atom is -0.493 e. The molecule has 1 amide bonds. The van der Waals surface area contributed by atoms with Gasteiger partial charge in [0.25, 0.3) is 0 Å². The Morgan fingerprint density at radius 1 is 1.04 bits per heavy atom. The maximum absolute atomic E-state index is 12.0. The predicted octanol–water partition coefficient (Wildman–Crippen LogP) is 4.41. The van der Waals surface area contributed by atoms with Gasteiger partial charge in [-0.1, -0.05) is 48.0 Å². The van der Waals surface area contributed by atoms with Crippen LogP contribution in [0.2, 0.25) is 0 Å². The van der Waals surface area contributed by atoms with Crippen molar-refractivity contribution < 1.29 is 9.53 Å². The number of rotatable bonds is 8. The highest BCUT2D eigenvalue weighted by molar-refractivity contribution is 5.90. The number of para-hydroxylation sites is 1. The molecule has 138 valence electrons. The summed E-state index contributed by atoms with van der Waals surface area (Å²) >= 11 is 0. The number of ether oxygens (including phenoxy) is 1. The van der Waals surface area contributed by atoms with E-state index in [9.17, 15) is 4.79 Å². The number of aromatic nitrogens is 1. The van der Waals surface area contributed by atoms with E-state index in [1.54, 1.807) is 6.20 Å². The summed E-state index contributed by atoms with van der Waals surface area (Å²) in [6, 6.07) is 21.5. The molecule has 5 heteroatoms. The Kier molecular flexibility index (Phi) is 6.41. The third-order valence-electron chi connectivity index (χ3n) is 3.94. The molecule has 5 nitrogen and oxygen atoms in total. The van der Waals surface area contributed by atoms with Crippen LogP contribution in [0.1, 0.15) is 17.5 Å². The van der Waals surface area contributed by atoms with Crippen LogP contribution in [-0.2, 0) is 11.3 Å². The second-order valence-corrected chi connectivity index (χ2v) is 6.23. The minimum absolute atomic E-state index is 0.104. The van der Waals surface area contributed by atoms with Crippen LogP contribution in [0.3, 0.4) is 0 Å². The Hall–Kier alpha value is -3.34. The zero-order chi connectivity index (χ0) is 18.9. The number of anilines is 2. The molecule has 0 unspecified atom stereocenters. The van der Waals surface area contributed by atoms with E-state index in [4.69, 9.17) is 4.74 Å². The molecule has 2 aromatic carbocycles. The molecular formula is C22H23N3O2. The molecular weight excluding hydrogens is 338 g/mol. The lowest BCUT2D eigenvalue weighted by atomic mass is 10.1. The summed E-state index contributed by atoms with van der Waals surface area (Å²) in [5, 5.41) is 6.10. The monoisotopic (exact) mass is 361 g/mol. The van der Waals surface area contributed by atoms with Crippen molar-refractivity contribution in [2.24, 2.45) is 0 Å². The summed E-state index contributed by atoms with van der Waals surface area (Å²) in [5.74, 6) is 1.42. The fraction of sp³-hybridized carbons (Fsp3) is 0.182. The first-order valence-electron chi connectivity index (χ1n) is 8.92. The molecule has 1 aromatic heterocycles. The Morgan fingerprint density at radius 3 is 2.63 bits per heavy atom. The van der Waals surface area contributed by atoms with Crippen molar-refractivity contribution >= 4 is 17.4 Å². The van der Waals surface area contributed by atoms with Crippen molar-refractivity contribution in [1.29, 1.82) is 0 Å². The van der Waals surface area contributed by atoms with Crippen LogP contribution in [0.4, 0.5) is 11.5 Å². The lowest BCUT2D eigenvalue weighted by Crippen LogP contribution is -2.15. The van der Waals surface area contributed by atoms with Gasteiger partial charge in [-0.05, 0) is 36.8 Å². The number of nitrogens with zero attached hydrogens (tertiary/aromatic N) is 1.